The number of nitrogens with two attached hydrogens (primary N) is 1. The molecule has 2 aromatic carbocycles. The van der Waals surface area contributed by atoms with Crippen LogP contribution in [0.4, 0.5) is 0 Å². The van der Waals surface area contributed by atoms with Crippen molar-refractivity contribution in [1.29, 1.82) is 0 Å². The molecule has 0 spiro atoms. The van der Waals surface area contributed by atoms with E-state index in [-0.39, 0.29) is 4.90 Å². The van der Waals surface area contributed by atoms with Crippen LogP contribution in [0, 0.1) is 0 Å². The summed E-state index contributed by atoms with van der Waals surface area (Å²) in [5.74, 6) is 0.719. The molecule has 2 heterocycles. The van der Waals surface area contributed by atoms with Crippen molar-refractivity contribution in [2.75, 3.05) is 0 Å². The Morgan fingerprint density at radius 1 is 1.08 bits per heavy atom. The van der Waals surface area contributed by atoms with Gasteiger partial charge in [-0.25, -0.2) is 23.2 Å². The summed E-state index contributed by atoms with van der Waals surface area (Å²) >= 11 is 0. The van der Waals surface area contributed by atoms with Crippen LogP contribution in [0.2, 0.25) is 0 Å². The van der Waals surface area contributed by atoms with Crippen LogP contribution in [0.5, 0.6) is 0 Å². The topological polar surface area (TPSA) is 117 Å². The van der Waals surface area contributed by atoms with Gasteiger partial charge in [-0.2, -0.15) is 0 Å². The van der Waals surface area contributed by atoms with Gasteiger partial charge in [-0.05, 0) is 40.1 Å². The molecule has 4 rings (SSSR count). The highest BCUT2D eigenvalue weighted by molar-refractivity contribution is 7.89. The summed E-state index contributed by atoms with van der Waals surface area (Å²) in [5, 5.41) is 12.9. The first kappa shape index (κ1) is 15.5. The molecule has 4 aromatic rings. The first-order chi connectivity index (χ1) is 12.0. The Hall–Kier alpha value is -3.04. The maximum absolute atomic E-state index is 11.3. The number of imidazole rings is 1. The average Bonchev–Trinajstić information content (AvgIpc) is 3.23. The molecule has 126 valence electrons. The summed E-state index contributed by atoms with van der Waals surface area (Å²) in [5.41, 5.74) is 3.02. The summed E-state index contributed by atoms with van der Waals surface area (Å²) in [6.45, 7) is 0.516. The fourth-order valence-electron chi connectivity index (χ4n) is 2.65. The van der Waals surface area contributed by atoms with Crippen molar-refractivity contribution in [3.63, 3.8) is 0 Å². The quantitative estimate of drug-likeness (QED) is 0.596. The molecule has 9 heteroatoms. The summed E-state index contributed by atoms with van der Waals surface area (Å²) in [7, 11) is -3.70. The third-order valence-electron chi connectivity index (χ3n) is 3.85. The predicted molar refractivity (Wildman–Crippen MR) is 89.9 cm³/mol. The van der Waals surface area contributed by atoms with Crippen LogP contribution >= 0.6 is 0 Å². The Labute approximate surface area is 142 Å². The molecule has 0 aliphatic heterocycles. The minimum atomic E-state index is -3.70. The van der Waals surface area contributed by atoms with Gasteiger partial charge in [0.15, 0.2) is 0 Å². The third kappa shape index (κ3) is 2.90. The van der Waals surface area contributed by atoms with Crippen molar-refractivity contribution in [3.05, 3.63) is 60.4 Å². The highest BCUT2D eigenvalue weighted by Crippen LogP contribution is 2.25. The number of hydrogen-bond acceptors (Lipinski definition) is 6. The molecule has 0 aliphatic rings. The maximum atomic E-state index is 11.3. The SMILES string of the molecule is NS(=O)(=O)c1ccc(Cn2ccnc2-c2cccc3nonc23)cc1. The molecule has 0 fully saturated rings. The number of benzene rings is 2. The number of aromatic nitrogens is 4. The molecular weight excluding hydrogens is 342 g/mol. The number of primary sulfonamides is 1. The van der Waals surface area contributed by atoms with Crippen molar-refractivity contribution in [3.8, 4) is 11.4 Å². The predicted octanol–water partition coefficient (Wildman–Crippen LogP) is 1.78. The molecule has 0 saturated heterocycles. The van der Waals surface area contributed by atoms with E-state index in [2.05, 4.69) is 15.3 Å². The van der Waals surface area contributed by atoms with Gasteiger partial charge in [0.2, 0.25) is 10.0 Å². The van der Waals surface area contributed by atoms with E-state index >= 15 is 0 Å². The van der Waals surface area contributed by atoms with Crippen molar-refractivity contribution < 1.29 is 13.0 Å². The Bertz CT molecular complexity index is 1150. The van der Waals surface area contributed by atoms with E-state index in [1.54, 1.807) is 18.3 Å². The number of nitrogens with zero attached hydrogens (tertiary/aromatic N) is 4. The highest BCUT2D eigenvalue weighted by atomic mass is 32.2. The van der Waals surface area contributed by atoms with Crippen LogP contribution in [0.25, 0.3) is 22.4 Å². The molecule has 0 radical (unpaired) electrons. The van der Waals surface area contributed by atoms with Gasteiger partial charge in [0.1, 0.15) is 16.9 Å². The second-order valence-corrected chi connectivity index (χ2v) is 7.07. The molecule has 0 bridgehead atoms. The van der Waals surface area contributed by atoms with Gasteiger partial charge in [-0.1, -0.05) is 18.2 Å². The van der Waals surface area contributed by atoms with Gasteiger partial charge in [0.05, 0.1) is 4.90 Å². The number of fused-ring (bicyclic) bond motifs is 1. The van der Waals surface area contributed by atoms with Crippen LogP contribution in [0.3, 0.4) is 0 Å². The lowest BCUT2D eigenvalue weighted by atomic mass is 10.1. The largest absolute Gasteiger partial charge is 0.326 e. The summed E-state index contributed by atoms with van der Waals surface area (Å²) in [6, 6.07) is 12.0. The van der Waals surface area contributed by atoms with Gasteiger partial charge in [0, 0.05) is 24.5 Å². The number of rotatable bonds is 4. The lowest BCUT2D eigenvalue weighted by Gasteiger charge is -2.09. The third-order valence-corrected chi connectivity index (χ3v) is 4.78. The first-order valence-electron chi connectivity index (χ1n) is 7.37. The normalized spacial score (nSPS) is 11.9. The summed E-state index contributed by atoms with van der Waals surface area (Å²) in [6.07, 6.45) is 3.54. The van der Waals surface area contributed by atoms with E-state index in [1.807, 2.05) is 29.0 Å². The Morgan fingerprint density at radius 3 is 2.64 bits per heavy atom. The van der Waals surface area contributed by atoms with Crippen LogP contribution in [0.1, 0.15) is 5.56 Å². The van der Waals surface area contributed by atoms with E-state index in [0.29, 0.717) is 17.6 Å². The zero-order valence-electron chi connectivity index (χ0n) is 12.9. The van der Waals surface area contributed by atoms with Gasteiger partial charge in [-0.3, -0.25) is 0 Å². The van der Waals surface area contributed by atoms with E-state index in [0.717, 1.165) is 17.0 Å². The first-order valence-corrected chi connectivity index (χ1v) is 8.91. The number of hydrogen-bond donors (Lipinski definition) is 1. The Balaban J connectivity index is 1.70. The van der Waals surface area contributed by atoms with Crippen molar-refractivity contribution in [2.24, 2.45) is 5.14 Å². The molecular formula is C16H13N5O3S. The monoisotopic (exact) mass is 355 g/mol. The molecule has 25 heavy (non-hydrogen) atoms. The van der Waals surface area contributed by atoms with Crippen LogP contribution in [-0.4, -0.2) is 28.3 Å². The van der Waals surface area contributed by atoms with Crippen molar-refractivity contribution >= 4 is 21.1 Å². The van der Waals surface area contributed by atoms with Crippen molar-refractivity contribution in [1.82, 2.24) is 19.9 Å². The van der Waals surface area contributed by atoms with E-state index in [1.165, 1.54) is 12.1 Å². The molecule has 0 unspecified atom stereocenters. The fourth-order valence-corrected chi connectivity index (χ4v) is 3.16. The minimum absolute atomic E-state index is 0.0838. The molecule has 2 N–H and O–H groups in total. The second kappa shape index (κ2) is 5.80. The maximum Gasteiger partial charge on any atom is 0.238 e. The van der Waals surface area contributed by atoms with Crippen LogP contribution in [-0.2, 0) is 16.6 Å². The zero-order chi connectivity index (χ0) is 17.4. The Kier molecular flexibility index (Phi) is 3.59. The molecule has 2 aromatic heterocycles. The van der Waals surface area contributed by atoms with Crippen LogP contribution in [0.15, 0.2) is 64.4 Å². The smallest absolute Gasteiger partial charge is 0.238 e. The molecule has 0 saturated carbocycles. The van der Waals surface area contributed by atoms with Gasteiger partial charge >= 0.3 is 0 Å². The zero-order valence-corrected chi connectivity index (χ0v) is 13.7. The lowest BCUT2D eigenvalue weighted by Crippen LogP contribution is -2.12. The number of sulfonamides is 1. The second-order valence-electron chi connectivity index (χ2n) is 5.51. The van der Waals surface area contributed by atoms with Crippen molar-refractivity contribution in [2.45, 2.75) is 11.4 Å². The van der Waals surface area contributed by atoms with Gasteiger partial charge < -0.3 is 4.57 Å². The van der Waals surface area contributed by atoms with E-state index in [4.69, 9.17) is 9.77 Å². The Morgan fingerprint density at radius 2 is 1.88 bits per heavy atom. The lowest BCUT2D eigenvalue weighted by molar-refractivity contribution is 0.315. The molecule has 0 aliphatic carbocycles. The highest BCUT2D eigenvalue weighted by Gasteiger charge is 2.14. The van der Waals surface area contributed by atoms with E-state index in [9.17, 15) is 8.42 Å². The molecule has 0 atom stereocenters. The van der Waals surface area contributed by atoms with Gasteiger partial charge in [0.25, 0.3) is 0 Å². The average molecular weight is 355 g/mol. The summed E-state index contributed by atoms with van der Waals surface area (Å²) in [4.78, 5) is 4.49. The standard InChI is InChI=1S/C16H13N5O3S/c17-25(22,23)12-6-4-11(5-7-12)10-21-9-8-18-16(21)13-2-1-3-14-15(13)20-24-19-14/h1-9H,10H2,(H2,17,22,23). The molecule has 8 nitrogen and oxygen atoms in total. The fraction of sp³-hybridized carbons (Fsp3) is 0.0625. The van der Waals surface area contributed by atoms with Gasteiger partial charge in [-0.15, -0.1) is 0 Å². The van der Waals surface area contributed by atoms with E-state index < -0.39 is 10.0 Å². The molecule has 0 amide bonds. The minimum Gasteiger partial charge on any atom is -0.326 e. The summed E-state index contributed by atoms with van der Waals surface area (Å²) < 4.78 is 29.4. The van der Waals surface area contributed by atoms with Crippen LogP contribution < -0.4 is 5.14 Å².